The predicted octanol–water partition coefficient (Wildman–Crippen LogP) is 1.42. The lowest BCUT2D eigenvalue weighted by Crippen LogP contribution is -2.36. The first-order chi connectivity index (χ1) is 7.90. The molecule has 0 spiro atoms. The maximum absolute atomic E-state index is 11.8. The lowest BCUT2D eigenvalue weighted by Gasteiger charge is -2.13. The normalized spacial score (nSPS) is 14.1. The molecule has 0 heterocycles. The van der Waals surface area contributed by atoms with E-state index in [4.69, 9.17) is 17.3 Å². The van der Waals surface area contributed by atoms with E-state index in [1.54, 1.807) is 25.3 Å². The number of hydrogen-bond donors (Lipinski definition) is 2. The van der Waals surface area contributed by atoms with Crippen molar-refractivity contribution in [3.63, 3.8) is 0 Å². The molecule has 3 N–H and O–H groups in total. The molecule has 0 aliphatic rings. The zero-order chi connectivity index (χ0) is 13.0. The maximum atomic E-state index is 11.8. The van der Waals surface area contributed by atoms with Crippen molar-refractivity contribution in [2.24, 2.45) is 0 Å². The molecule has 0 saturated heterocycles. The van der Waals surface area contributed by atoms with Crippen molar-refractivity contribution in [1.29, 1.82) is 0 Å². The van der Waals surface area contributed by atoms with Crippen molar-refractivity contribution in [1.82, 2.24) is 5.32 Å². The fourth-order valence-corrected chi connectivity index (χ4v) is 2.40. The van der Waals surface area contributed by atoms with Gasteiger partial charge < -0.3 is 11.1 Å². The van der Waals surface area contributed by atoms with E-state index in [9.17, 15) is 9.00 Å². The van der Waals surface area contributed by atoms with Gasteiger partial charge in [-0.15, -0.1) is 0 Å². The second kappa shape index (κ2) is 6.02. The molecule has 1 rings (SSSR count). The Morgan fingerprint density at radius 2 is 2.24 bits per heavy atom. The number of nitrogens with two attached hydrogens (primary N) is 1. The highest BCUT2D eigenvalue weighted by Gasteiger charge is 2.13. The van der Waals surface area contributed by atoms with Crippen molar-refractivity contribution in [3.8, 4) is 0 Å². The summed E-state index contributed by atoms with van der Waals surface area (Å²) < 4.78 is 11.0. The molecule has 0 fully saturated rings. The van der Waals surface area contributed by atoms with Crippen molar-refractivity contribution >= 4 is 34.0 Å². The van der Waals surface area contributed by atoms with Gasteiger partial charge in [0.05, 0.1) is 5.56 Å². The highest BCUT2D eigenvalue weighted by Crippen LogP contribution is 2.17. The zero-order valence-electron chi connectivity index (χ0n) is 9.70. The Labute approximate surface area is 108 Å². The maximum Gasteiger partial charge on any atom is 0.253 e. The van der Waals surface area contributed by atoms with Crippen LogP contribution in [0.15, 0.2) is 18.2 Å². The van der Waals surface area contributed by atoms with Crippen LogP contribution >= 0.6 is 11.6 Å². The van der Waals surface area contributed by atoms with E-state index in [0.717, 1.165) is 0 Å². The molecule has 0 saturated carbocycles. The van der Waals surface area contributed by atoms with E-state index in [-0.39, 0.29) is 11.9 Å². The van der Waals surface area contributed by atoms with Gasteiger partial charge in [0.1, 0.15) is 0 Å². The summed E-state index contributed by atoms with van der Waals surface area (Å²) in [7, 11) is -0.945. The number of benzene rings is 1. The number of amides is 1. The summed E-state index contributed by atoms with van der Waals surface area (Å²) >= 11 is 5.74. The predicted molar refractivity (Wildman–Crippen MR) is 71.7 cm³/mol. The topological polar surface area (TPSA) is 72.2 Å². The Morgan fingerprint density at radius 3 is 2.76 bits per heavy atom. The van der Waals surface area contributed by atoms with Crippen molar-refractivity contribution in [2.75, 3.05) is 17.7 Å². The standard InChI is InChI=1S/C11H15ClN2O2S/c1-7(6-17(2)16)14-11(15)9-4-3-8(12)5-10(9)13/h3-5,7H,6,13H2,1-2H3,(H,14,15). The molecule has 6 heteroatoms. The molecule has 1 aromatic carbocycles. The molecule has 4 nitrogen and oxygen atoms in total. The fourth-order valence-electron chi connectivity index (χ4n) is 1.44. The number of carbonyl (C=O) groups excluding carboxylic acids is 1. The number of anilines is 1. The number of hydrogen-bond acceptors (Lipinski definition) is 3. The fraction of sp³-hybridized carbons (Fsp3) is 0.364. The van der Waals surface area contributed by atoms with Crippen LogP contribution in [0.2, 0.25) is 5.02 Å². The summed E-state index contributed by atoms with van der Waals surface area (Å²) in [6.45, 7) is 1.80. The second-order valence-corrected chi connectivity index (χ2v) is 5.76. The Hall–Kier alpha value is -1.07. The quantitative estimate of drug-likeness (QED) is 0.816. The van der Waals surface area contributed by atoms with Gasteiger partial charge >= 0.3 is 0 Å². The molecular formula is C11H15ClN2O2S. The van der Waals surface area contributed by atoms with Crippen LogP contribution in [-0.2, 0) is 10.8 Å². The summed E-state index contributed by atoms with van der Waals surface area (Å²) in [6.07, 6.45) is 1.60. The van der Waals surface area contributed by atoms with E-state index in [1.165, 1.54) is 6.07 Å². The molecule has 1 aromatic rings. The highest BCUT2D eigenvalue weighted by molar-refractivity contribution is 7.84. The molecule has 0 radical (unpaired) electrons. The number of halogens is 1. The minimum Gasteiger partial charge on any atom is -0.398 e. The van der Waals surface area contributed by atoms with E-state index in [2.05, 4.69) is 5.32 Å². The third-order valence-electron chi connectivity index (χ3n) is 2.12. The van der Waals surface area contributed by atoms with Crippen LogP contribution in [0.25, 0.3) is 0 Å². The number of nitrogens with one attached hydrogen (secondary N) is 1. The monoisotopic (exact) mass is 274 g/mol. The smallest absolute Gasteiger partial charge is 0.253 e. The van der Waals surface area contributed by atoms with Crippen LogP contribution in [0, 0.1) is 0 Å². The van der Waals surface area contributed by atoms with Crippen LogP contribution in [0.1, 0.15) is 17.3 Å². The molecule has 2 unspecified atom stereocenters. The number of carbonyl (C=O) groups is 1. The summed E-state index contributed by atoms with van der Waals surface area (Å²) in [5.41, 5.74) is 6.41. The Balaban J connectivity index is 2.73. The van der Waals surface area contributed by atoms with Gasteiger partial charge in [0.25, 0.3) is 5.91 Å². The summed E-state index contributed by atoms with van der Waals surface area (Å²) in [6, 6.07) is 4.54. The highest BCUT2D eigenvalue weighted by atomic mass is 35.5. The lowest BCUT2D eigenvalue weighted by atomic mass is 10.1. The zero-order valence-corrected chi connectivity index (χ0v) is 11.3. The Bertz CT molecular complexity index is 451. The Morgan fingerprint density at radius 1 is 1.59 bits per heavy atom. The first kappa shape index (κ1) is 14.0. The third kappa shape index (κ3) is 4.36. The lowest BCUT2D eigenvalue weighted by molar-refractivity contribution is 0.0944. The van der Waals surface area contributed by atoms with Crippen molar-refractivity contribution < 1.29 is 9.00 Å². The second-order valence-electron chi connectivity index (χ2n) is 3.85. The van der Waals surface area contributed by atoms with Gasteiger partial charge in [0.2, 0.25) is 0 Å². The summed E-state index contributed by atoms with van der Waals surface area (Å²) in [5.74, 6) is 0.135. The van der Waals surface area contributed by atoms with E-state index >= 15 is 0 Å². The summed E-state index contributed by atoms with van der Waals surface area (Å²) in [5, 5.41) is 3.22. The van der Waals surface area contributed by atoms with E-state index < -0.39 is 10.8 Å². The first-order valence-electron chi connectivity index (χ1n) is 5.06. The van der Waals surface area contributed by atoms with Gasteiger partial charge in [-0.1, -0.05) is 11.6 Å². The van der Waals surface area contributed by atoms with Gasteiger partial charge in [-0.25, -0.2) is 0 Å². The minimum atomic E-state index is -0.945. The molecule has 1 amide bonds. The molecule has 17 heavy (non-hydrogen) atoms. The molecule has 0 aliphatic heterocycles. The van der Waals surface area contributed by atoms with E-state index in [1.807, 2.05) is 0 Å². The largest absolute Gasteiger partial charge is 0.398 e. The van der Waals surface area contributed by atoms with Crippen LogP contribution < -0.4 is 11.1 Å². The molecule has 2 atom stereocenters. The van der Waals surface area contributed by atoms with Crippen molar-refractivity contribution in [3.05, 3.63) is 28.8 Å². The molecular weight excluding hydrogens is 260 g/mol. The number of nitrogen functional groups attached to an aromatic ring is 1. The number of rotatable bonds is 4. The van der Waals surface area contributed by atoms with Gasteiger partial charge in [0.15, 0.2) is 0 Å². The first-order valence-corrected chi connectivity index (χ1v) is 7.16. The average molecular weight is 275 g/mol. The van der Waals surface area contributed by atoms with Gasteiger partial charge in [-0.2, -0.15) is 0 Å². The molecule has 0 aromatic heterocycles. The molecule has 0 bridgehead atoms. The van der Waals surface area contributed by atoms with Gasteiger partial charge in [-0.3, -0.25) is 9.00 Å². The molecule has 94 valence electrons. The SMILES string of the molecule is CC(CS(C)=O)NC(=O)c1ccc(Cl)cc1N. The van der Waals surface area contributed by atoms with E-state index in [0.29, 0.717) is 22.0 Å². The molecule has 0 aliphatic carbocycles. The van der Waals surface area contributed by atoms with Crippen molar-refractivity contribution in [2.45, 2.75) is 13.0 Å². The minimum absolute atomic E-state index is 0.164. The average Bonchev–Trinajstić information content (AvgIpc) is 2.15. The van der Waals surface area contributed by atoms with Crippen LogP contribution in [0.3, 0.4) is 0 Å². The van der Waals surface area contributed by atoms with Crippen LogP contribution in [0.5, 0.6) is 0 Å². The Kier molecular flexibility index (Phi) is 4.96. The van der Waals surface area contributed by atoms with Gasteiger partial charge in [0, 0.05) is 39.6 Å². The van der Waals surface area contributed by atoms with Crippen LogP contribution in [-0.4, -0.2) is 28.2 Å². The van der Waals surface area contributed by atoms with Crippen LogP contribution in [0.4, 0.5) is 5.69 Å². The summed E-state index contributed by atoms with van der Waals surface area (Å²) in [4.78, 5) is 11.8. The van der Waals surface area contributed by atoms with Gasteiger partial charge in [-0.05, 0) is 25.1 Å². The third-order valence-corrected chi connectivity index (χ3v) is 3.32.